The highest BCUT2D eigenvalue weighted by Gasteiger charge is 2.26. The molecule has 0 fully saturated rings. The molecule has 0 aliphatic carbocycles. The first-order chi connectivity index (χ1) is 15.1. The molecule has 1 aromatic heterocycles. The number of anilines is 1. The summed E-state index contributed by atoms with van der Waals surface area (Å²) in [7, 11) is -3.74. The quantitative estimate of drug-likeness (QED) is 0.644. The van der Waals surface area contributed by atoms with E-state index in [2.05, 4.69) is 9.97 Å². The van der Waals surface area contributed by atoms with Gasteiger partial charge in [-0.3, -0.25) is 4.79 Å². The fourth-order valence-corrected chi connectivity index (χ4v) is 4.38. The number of amides is 1. The van der Waals surface area contributed by atoms with Gasteiger partial charge >= 0.3 is 0 Å². The van der Waals surface area contributed by atoms with Gasteiger partial charge in [0.1, 0.15) is 23.1 Å². The molecule has 2 heterocycles. The Hall–Kier alpha value is -3.53. The molecule has 4 rings (SSSR count). The van der Waals surface area contributed by atoms with Crippen molar-refractivity contribution < 1.29 is 22.3 Å². The number of carbonyl (C=O) groups is 1. The minimum atomic E-state index is -3.74. The Morgan fingerprint density at radius 3 is 2.56 bits per heavy atom. The molecule has 1 aliphatic heterocycles. The van der Waals surface area contributed by atoms with Crippen molar-refractivity contribution in [2.45, 2.75) is 18.4 Å². The topological polar surface area (TPSA) is 115 Å². The van der Waals surface area contributed by atoms with Crippen LogP contribution in [0, 0.1) is 12.7 Å². The van der Waals surface area contributed by atoms with Crippen LogP contribution in [0.2, 0.25) is 0 Å². The molecule has 0 unspecified atom stereocenters. The number of aromatic nitrogens is 2. The van der Waals surface area contributed by atoms with Crippen molar-refractivity contribution in [3.63, 3.8) is 0 Å². The van der Waals surface area contributed by atoms with E-state index in [9.17, 15) is 17.6 Å². The summed E-state index contributed by atoms with van der Waals surface area (Å²) in [5, 5.41) is 0. The van der Waals surface area contributed by atoms with Gasteiger partial charge in [-0.1, -0.05) is 6.07 Å². The molecule has 0 bridgehead atoms. The van der Waals surface area contributed by atoms with Crippen molar-refractivity contribution in [1.29, 1.82) is 0 Å². The maximum Gasteiger partial charge on any atom is 0.254 e. The van der Waals surface area contributed by atoms with E-state index in [4.69, 9.17) is 10.5 Å². The second-order valence-corrected chi connectivity index (χ2v) is 9.53. The molecule has 0 atom stereocenters. The van der Waals surface area contributed by atoms with E-state index in [0.717, 1.165) is 29.0 Å². The highest BCUT2D eigenvalue weighted by molar-refractivity contribution is 7.90. The molecule has 0 saturated heterocycles. The monoisotopic (exact) mass is 456 g/mol. The Morgan fingerprint density at radius 1 is 1.16 bits per heavy atom. The maximum absolute atomic E-state index is 14.7. The SMILES string of the molecule is Cc1c(C(=O)N2CCOc3ccc(-c4cnc(N)nc4)cc3C2)ccc(S(C)(=O)=O)c1F. The highest BCUT2D eigenvalue weighted by atomic mass is 32.2. The van der Waals surface area contributed by atoms with Gasteiger partial charge in [0, 0.05) is 41.9 Å². The van der Waals surface area contributed by atoms with Crippen molar-refractivity contribution in [1.82, 2.24) is 14.9 Å². The summed E-state index contributed by atoms with van der Waals surface area (Å²) in [6.07, 6.45) is 4.15. The van der Waals surface area contributed by atoms with Gasteiger partial charge in [0.15, 0.2) is 9.84 Å². The van der Waals surface area contributed by atoms with Crippen molar-refractivity contribution in [2.24, 2.45) is 0 Å². The van der Waals surface area contributed by atoms with Gasteiger partial charge in [-0.2, -0.15) is 0 Å². The molecule has 3 aromatic rings. The smallest absolute Gasteiger partial charge is 0.254 e. The maximum atomic E-state index is 14.7. The molecule has 0 radical (unpaired) electrons. The Bertz CT molecular complexity index is 1310. The molecule has 2 N–H and O–H groups in total. The van der Waals surface area contributed by atoms with Crippen LogP contribution >= 0.6 is 0 Å². The Balaban J connectivity index is 1.66. The molecule has 0 saturated carbocycles. The number of fused-ring (bicyclic) bond motifs is 1. The predicted octanol–water partition coefficient (Wildman–Crippen LogP) is 2.61. The van der Waals surface area contributed by atoms with Crippen LogP contribution in [-0.2, 0) is 16.4 Å². The van der Waals surface area contributed by atoms with E-state index < -0.39 is 26.5 Å². The van der Waals surface area contributed by atoms with Gasteiger partial charge < -0.3 is 15.4 Å². The predicted molar refractivity (Wildman–Crippen MR) is 116 cm³/mol. The third-order valence-corrected chi connectivity index (χ3v) is 6.43. The Morgan fingerprint density at radius 2 is 1.88 bits per heavy atom. The largest absolute Gasteiger partial charge is 0.491 e. The molecule has 166 valence electrons. The second kappa shape index (κ2) is 8.19. The summed E-state index contributed by atoms with van der Waals surface area (Å²) < 4.78 is 44.0. The van der Waals surface area contributed by atoms with Crippen molar-refractivity contribution in [3.05, 3.63) is 65.2 Å². The van der Waals surface area contributed by atoms with Crippen molar-refractivity contribution >= 4 is 21.7 Å². The zero-order valence-electron chi connectivity index (χ0n) is 17.5. The fraction of sp³-hybridized carbons (Fsp3) is 0.227. The third kappa shape index (κ3) is 4.13. The van der Waals surface area contributed by atoms with Crippen molar-refractivity contribution in [3.8, 4) is 16.9 Å². The van der Waals surface area contributed by atoms with E-state index in [1.165, 1.54) is 13.0 Å². The minimum absolute atomic E-state index is 0.00362. The molecular formula is C22H21FN4O4S. The van der Waals surface area contributed by atoms with Crippen LogP contribution in [0.5, 0.6) is 5.75 Å². The van der Waals surface area contributed by atoms with Crippen LogP contribution < -0.4 is 10.5 Å². The summed E-state index contributed by atoms with van der Waals surface area (Å²) in [4.78, 5) is 22.3. The first-order valence-corrected chi connectivity index (χ1v) is 11.7. The lowest BCUT2D eigenvalue weighted by atomic mass is 10.0. The molecular weight excluding hydrogens is 435 g/mol. The number of hydrogen-bond donors (Lipinski definition) is 1. The van der Waals surface area contributed by atoms with E-state index >= 15 is 0 Å². The average molecular weight is 456 g/mol. The zero-order valence-corrected chi connectivity index (χ0v) is 18.3. The van der Waals surface area contributed by atoms with Crippen LogP contribution in [-0.4, -0.2) is 48.6 Å². The number of ether oxygens (including phenoxy) is 1. The lowest BCUT2D eigenvalue weighted by Gasteiger charge is -2.21. The number of rotatable bonds is 3. The van der Waals surface area contributed by atoms with Gasteiger partial charge in [0.05, 0.1) is 6.54 Å². The third-order valence-electron chi connectivity index (χ3n) is 5.31. The van der Waals surface area contributed by atoms with Gasteiger partial charge in [-0.15, -0.1) is 0 Å². The molecule has 1 amide bonds. The minimum Gasteiger partial charge on any atom is -0.491 e. The number of hydrogen-bond acceptors (Lipinski definition) is 7. The van der Waals surface area contributed by atoms with Crippen LogP contribution in [0.1, 0.15) is 21.5 Å². The second-order valence-electron chi connectivity index (χ2n) is 7.55. The molecule has 32 heavy (non-hydrogen) atoms. The molecule has 0 spiro atoms. The summed E-state index contributed by atoms with van der Waals surface area (Å²) >= 11 is 0. The first kappa shape index (κ1) is 21.7. The zero-order chi connectivity index (χ0) is 23.0. The number of benzene rings is 2. The molecule has 2 aromatic carbocycles. The summed E-state index contributed by atoms with van der Waals surface area (Å²) in [5.74, 6) is -0.488. The van der Waals surface area contributed by atoms with Crippen LogP contribution in [0.3, 0.4) is 0 Å². The number of halogens is 1. The highest BCUT2D eigenvalue weighted by Crippen LogP contribution is 2.30. The summed E-state index contributed by atoms with van der Waals surface area (Å²) in [6, 6.07) is 8.06. The Kier molecular flexibility index (Phi) is 5.55. The lowest BCUT2D eigenvalue weighted by Crippen LogP contribution is -2.33. The molecule has 10 heteroatoms. The lowest BCUT2D eigenvalue weighted by molar-refractivity contribution is 0.0731. The number of nitrogens with two attached hydrogens (primary N) is 1. The van der Waals surface area contributed by atoms with Crippen LogP contribution in [0.25, 0.3) is 11.1 Å². The van der Waals surface area contributed by atoms with E-state index in [-0.39, 0.29) is 30.2 Å². The first-order valence-electron chi connectivity index (χ1n) is 9.77. The van der Waals surface area contributed by atoms with E-state index in [1.807, 2.05) is 18.2 Å². The van der Waals surface area contributed by atoms with Gasteiger partial charge in [0.2, 0.25) is 5.95 Å². The summed E-state index contributed by atoms with van der Waals surface area (Å²) in [5.41, 5.74) is 8.03. The van der Waals surface area contributed by atoms with Crippen LogP contribution in [0.4, 0.5) is 10.3 Å². The Labute approximate surface area is 184 Å². The summed E-state index contributed by atoms with van der Waals surface area (Å²) in [6.45, 7) is 2.21. The molecule has 1 aliphatic rings. The fourth-order valence-electron chi connectivity index (χ4n) is 3.58. The van der Waals surface area contributed by atoms with E-state index in [0.29, 0.717) is 12.3 Å². The normalized spacial score (nSPS) is 13.8. The number of sulfone groups is 1. The van der Waals surface area contributed by atoms with Gasteiger partial charge in [-0.25, -0.2) is 22.8 Å². The van der Waals surface area contributed by atoms with Crippen molar-refractivity contribution in [2.75, 3.05) is 25.1 Å². The van der Waals surface area contributed by atoms with Gasteiger partial charge in [0.25, 0.3) is 5.91 Å². The number of nitrogen functional groups attached to an aromatic ring is 1. The number of nitrogens with zero attached hydrogens (tertiary/aromatic N) is 3. The van der Waals surface area contributed by atoms with Crippen LogP contribution in [0.15, 0.2) is 47.6 Å². The van der Waals surface area contributed by atoms with E-state index in [1.54, 1.807) is 17.3 Å². The number of carbonyl (C=O) groups excluding carboxylic acids is 1. The average Bonchev–Trinajstić information content (AvgIpc) is 2.96. The standard InChI is InChI=1S/C22H21FN4O4S/c1-13-17(4-6-19(20(13)23)32(2,29)30)21(28)27-7-8-31-18-5-3-14(9-15(18)12-27)16-10-25-22(24)26-11-16/h3-6,9-11H,7-8,12H2,1-2H3,(H2,24,25,26). The van der Waals surface area contributed by atoms with Gasteiger partial charge in [-0.05, 0) is 42.3 Å². The molecule has 8 nitrogen and oxygen atoms in total.